The Kier molecular flexibility index (Phi) is 2.41. The van der Waals surface area contributed by atoms with Gasteiger partial charge in [-0.3, -0.25) is 0 Å². The summed E-state index contributed by atoms with van der Waals surface area (Å²) >= 11 is 6.07. The molecule has 1 atom stereocenters. The molecule has 0 aromatic heterocycles. The van der Waals surface area contributed by atoms with Crippen molar-refractivity contribution in [2.24, 2.45) is 0 Å². The molecular weight excluding hydrogens is 198 g/mol. The van der Waals surface area contributed by atoms with Crippen molar-refractivity contribution in [1.82, 2.24) is 0 Å². The van der Waals surface area contributed by atoms with Gasteiger partial charge in [0.25, 0.3) is 0 Å². The van der Waals surface area contributed by atoms with Gasteiger partial charge in [-0.1, -0.05) is 30.7 Å². The number of aliphatic hydroxyl groups excluding tert-OH is 1. The second-order valence-corrected chi connectivity index (χ2v) is 4.27. The Morgan fingerprint density at radius 3 is 2.93 bits per heavy atom. The largest absolute Gasteiger partial charge is 0.394 e. The number of rotatable bonds is 2. The summed E-state index contributed by atoms with van der Waals surface area (Å²) in [7, 11) is 0. The molecule has 1 aliphatic heterocycles. The molecule has 76 valence electrons. The maximum Gasteiger partial charge on any atom is 0.0664 e. The van der Waals surface area contributed by atoms with Gasteiger partial charge in [-0.05, 0) is 24.5 Å². The summed E-state index contributed by atoms with van der Waals surface area (Å²) in [6, 6.07) is 5.88. The van der Waals surface area contributed by atoms with E-state index in [-0.39, 0.29) is 12.1 Å². The van der Waals surface area contributed by atoms with E-state index in [2.05, 4.69) is 18.3 Å². The number of aliphatic hydroxyl groups is 1. The minimum absolute atomic E-state index is 0.147. The van der Waals surface area contributed by atoms with Gasteiger partial charge in [0.2, 0.25) is 0 Å². The number of hydrogen-bond acceptors (Lipinski definition) is 2. The number of nitrogens with one attached hydrogen (secondary N) is 1. The van der Waals surface area contributed by atoms with Crippen molar-refractivity contribution >= 4 is 17.3 Å². The highest BCUT2D eigenvalue weighted by atomic mass is 35.5. The van der Waals surface area contributed by atoms with E-state index in [1.54, 1.807) is 0 Å². The Hall–Kier alpha value is -0.730. The van der Waals surface area contributed by atoms with Gasteiger partial charge in [-0.15, -0.1) is 0 Å². The average Bonchev–Trinajstić information content (AvgIpc) is 2.59. The third kappa shape index (κ3) is 1.39. The van der Waals surface area contributed by atoms with Gasteiger partial charge in [-0.2, -0.15) is 0 Å². The zero-order valence-corrected chi connectivity index (χ0v) is 8.93. The van der Waals surface area contributed by atoms with Crippen LogP contribution in [-0.4, -0.2) is 17.3 Å². The summed E-state index contributed by atoms with van der Waals surface area (Å²) in [5, 5.41) is 13.4. The predicted octanol–water partition coefficient (Wildman–Crippen LogP) is 2.45. The van der Waals surface area contributed by atoms with Gasteiger partial charge in [0.15, 0.2) is 0 Å². The van der Waals surface area contributed by atoms with Crippen LogP contribution in [0, 0.1) is 0 Å². The van der Waals surface area contributed by atoms with Crippen LogP contribution in [0.4, 0.5) is 5.69 Å². The molecule has 0 bridgehead atoms. The molecule has 1 aromatic carbocycles. The minimum Gasteiger partial charge on any atom is -0.394 e. The molecule has 1 heterocycles. The fourth-order valence-corrected chi connectivity index (χ4v) is 2.19. The normalized spacial score (nSPS) is 24.5. The van der Waals surface area contributed by atoms with Crippen LogP contribution in [0.5, 0.6) is 0 Å². The van der Waals surface area contributed by atoms with E-state index in [0.717, 1.165) is 23.6 Å². The molecule has 0 spiro atoms. The molecule has 0 aliphatic carbocycles. The number of hydrogen-bond donors (Lipinski definition) is 2. The maximum atomic E-state index is 9.37. The fourth-order valence-electron chi connectivity index (χ4n) is 1.95. The minimum atomic E-state index is -0.201. The first-order chi connectivity index (χ1) is 6.71. The lowest BCUT2D eigenvalue weighted by atomic mass is 9.93. The van der Waals surface area contributed by atoms with Gasteiger partial charge in [-0.25, -0.2) is 0 Å². The molecule has 1 aromatic rings. The van der Waals surface area contributed by atoms with Crippen LogP contribution in [0.25, 0.3) is 0 Å². The number of benzene rings is 1. The Balaban J connectivity index is 2.38. The molecule has 2 N–H and O–H groups in total. The number of para-hydroxylation sites is 1. The third-order valence-electron chi connectivity index (χ3n) is 3.00. The van der Waals surface area contributed by atoms with Crippen LogP contribution in [0.2, 0.25) is 5.02 Å². The van der Waals surface area contributed by atoms with Crippen molar-refractivity contribution in [2.75, 3.05) is 11.9 Å². The topological polar surface area (TPSA) is 32.3 Å². The van der Waals surface area contributed by atoms with Crippen LogP contribution < -0.4 is 5.32 Å². The lowest BCUT2D eigenvalue weighted by molar-refractivity contribution is 0.211. The first-order valence-corrected chi connectivity index (χ1v) is 5.25. The summed E-state index contributed by atoms with van der Waals surface area (Å²) in [5.74, 6) is 0. The van der Waals surface area contributed by atoms with Crippen molar-refractivity contribution in [3.63, 3.8) is 0 Å². The van der Waals surface area contributed by atoms with Gasteiger partial charge >= 0.3 is 0 Å². The van der Waals surface area contributed by atoms with Crippen LogP contribution in [0.1, 0.15) is 18.9 Å². The van der Waals surface area contributed by atoms with Crippen LogP contribution >= 0.6 is 11.6 Å². The second-order valence-electron chi connectivity index (χ2n) is 3.87. The highest BCUT2D eigenvalue weighted by Gasteiger charge is 2.35. The zero-order chi connectivity index (χ0) is 10.2. The van der Waals surface area contributed by atoms with E-state index in [9.17, 15) is 5.11 Å². The van der Waals surface area contributed by atoms with Gasteiger partial charge in [0, 0.05) is 0 Å². The van der Waals surface area contributed by atoms with E-state index in [0.29, 0.717) is 0 Å². The molecule has 14 heavy (non-hydrogen) atoms. The van der Waals surface area contributed by atoms with E-state index < -0.39 is 0 Å². The van der Waals surface area contributed by atoms with E-state index in [4.69, 9.17) is 11.6 Å². The monoisotopic (exact) mass is 211 g/mol. The summed E-state index contributed by atoms with van der Waals surface area (Å²) in [4.78, 5) is 0. The summed E-state index contributed by atoms with van der Waals surface area (Å²) in [6.07, 6.45) is 1.75. The van der Waals surface area contributed by atoms with Gasteiger partial charge in [0.1, 0.15) is 0 Å². The molecular formula is C11H14ClNO. The highest BCUT2D eigenvalue weighted by Crippen LogP contribution is 2.38. The summed E-state index contributed by atoms with van der Waals surface area (Å²) in [6.45, 7) is 2.22. The summed E-state index contributed by atoms with van der Waals surface area (Å²) in [5.41, 5.74) is 1.99. The molecule has 2 nitrogen and oxygen atoms in total. The van der Waals surface area contributed by atoms with Gasteiger partial charge in [0.05, 0.1) is 22.9 Å². The molecule has 1 unspecified atom stereocenters. The lowest BCUT2D eigenvalue weighted by Gasteiger charge is -2.26. The predicted molar refractivity (Wildman–Crippen MR) is 58.9 cm³/mol. The van der Waals surface area contributed by atoms with Crippen LogP contribution in [0.15, 0.2) is 18.2 Å². The molecule has 3 heteroatoms. The van der Waals surface area contributed by atoms with E-state index in [1.807, 2.05) is 12.1 Å². The molecule has 0 saturated heterocycles. The molecule has 0 fully saturated rings. The average molecular weight is 212 g/mol. The molecule has 0 amide bonds. The second kappa shape index (κ2) is 3.44. The lowest BCUT2D eigenvalue weighted by Crippen LogP contribution is -2.39. The Morgan fingerprint density at radius 2 is 2.36 bits per heavy atom. The Morgan fingerprint density at radius 1 is 1.57 bits per heavy atom. The van der Waals surface area contributed by atoms with Crippen molar-refractivity contribution in [2.45, 2.75) is 25.3 Å². The van der Waals surface area contributed by atoms with Crippen LogP contribution in [-0.2, 0) is 6.42 Å². The van der Waals surface area contributed by atoms with Crippen molar-refractivity contribution in [1.29, 1.82) is 0 Å². The highest BCUT2D eigenvalue weighted by molar-refractivity contribution is 6.33. The van der Waals surface area contributed by atoms with Gasteiger partial charge < -0.3 is 10.4 Å². The fraction of sp³-hybridized carbons (Fsp3) is 0.455. The van der Waals surface area contributed by atoms with Crippen molar-refractivity contribution in [3.05, 3.63) is 28.8 Å². The molecule has 0 saturated carbocycles. The van der Waals surface area contributed by atoms with Crippen LogP contribution in [0.3, 0.4) is 0 Å². The quantitative estimate of drug-likeness (QED) is 0.788. The molecule has 2 rings (SSSR count). The third-order valence-corrected chi connectivity index (χ3v) is 3.31. The number of fused-ring (bicyclic) bond motifs is 1. The zero-order valence-electron chi connectivity index (χ0n) is 8.18. The van der Waals surface area contributed by atoms with Crippen molar-refractivity contribution in [3.8, 4) is 0 Å². The van der Waals surface area contributed by atoms with E-state index >= 15 is 0 Å². The number of halogens is 1. The first-order valence-electron chi connectivity index (χ1n) is 4.87. The van der Waals surface area contributed by atoms with E-state index in [1.165, 1.54) is 5.56 Å². The summed E-state index contributed by atoms with van der Waals surface area (Å²) < 4.78 is 0. The first kappa shape index (κ1) is 9.81. The maximum absolute atomic E-state index is 9.37. The standard InChI is InChI=1S/C11H14ClNO/c1-2-11(7-14)6-8-4-3-5-9(12)10(8)13-11/h3-5,13-14H,2,6-7H2,1H3. The number of anilines is 1. The Bertz CT molecular complexity index is 347. The van der Waals surface area contributed by atoms with Crippen molar-refractivity contribution < 1.29 is 5.11 Å². The Labute approximate surface area is 88.9 Å². The SMILES string of the molecule is CCC1(CO)Cc2cccc(Cl)c2N1. The molecule has 0 radical (unpaired) electrons. The smallest absolute Gasteiger partial charge is 0.0664 e. The molecule has 1 aliphatic rings.